The number of rotatable bonds is 5. The van der Waals surface area contributed by atoms with Gasteiger partial charge in [-0.25, -0.2) is 4.79 Å². The Hall–Kier alpha value is -1.08. The van der Waals surface area contributed by atoms with Crippen LogP contribution in [0.25, 0.3) is 0 Å². The first-order valence-electron chi connectivity index (χ1n) is 3.91. The quantitative estimate of drug-likeness (QED) is 0.319. The van der Waals surface area contributed by atoms with Crippen LogP contribution in [0, 0.1) is 0 Å². The molecule has 0 fully saturated rings. The fourth-order valence-corrected chi connectivity index (χ4v) is 1.26. The average molecular weight is 224 g/mol. The average Bonchev–Trinajstić information content (AvgIpc) is 2.13. The van der Waals surface area contributed by atoms with Crippen LogP contribution in [0.5, 0.6) is 0 Å². The number of allylic oxidation sites excluding steroid dienone is 1. The van der Waals surface area contributed by atoms with E-state index < -0.39 is 21.8 Å². The molecule has 0 spiro atoms. The second-order valence-corrected chi connectivity index (χ2v) is 4.03. The van der Waals surface area contributed by atoms with Crippen LogP contribution in [0.15, 0.2) is 11.8 Å². The zero-order chi connectivity index (χ0) is 11.2. The van der Waals surface area contributed by atoms with E-state index in [1.165, 1.54) is 6.92 Å². The molecule has 7 heteroatoms. The standard InChI is InChI=1S/C7H12O6S/c1-3-5-14(10,11)13-12-7(9)6(8)4-2/h4,8H,3,5H2,1-2H3. The Bertz CT molecular complexity index is 315. The van der Waals surface area contributed by atoms with Crippen LogP contribution in [0.2, 0.25) is 0 Å². The highest BCUT2D eigenvalue weighted by atomic mass is 32.2. The molecule has 1 N–H and O–H groups in total. The molecule has 0 bridgehead atoms. The monoisotopic (exact) mass is 224 g/mol. The van der Waals surface area contributed by atoms with Crippen molar-refractivity contribution in [3.05, 3.63) is 11.8 Å². The highest BCUT2D eigenvalue weighted by Gasteiger charge is 2.16. The van der Waals surface area contributed by atoms with Gasteiger partial charge in [0.15, 0.2) is 0 Å². The van der Waals surface area contributed by atoms with Crippen molar-refractivity contribution in [3.8, 4) is 0 Å². The minimum absolute atomic E-state index is 0.253. The van der Waals surface area contributed by atoms with E-state index in [1.807, 2.05) is 0 Å². The normalized spacial score (nSPS) is 12.6. The summed E-state index contributed by atoms with van der Waals surface area (Å²) in [4.78, 5) is 14.6. The lowest BCUT2D eigenvalue weighted by Crippen LogP contribution is -2.15. The van der Waals surface area contributed by atoms with E-state index in [2.05, 4.69) is 9.22 Å². The summed E-state index contributed by atoms with van der Waals surface area (Å²) in [5.41, 5.74) is 0. The summed E-state index contributed by atoms with van der Waals surface area (Å²) in [5, 5.41) is 8.76. The molecular formula is C7H12O6S. The predicted molar refractivity (Wildman–Crippen MR) is 47.6 cm³/mol. The summed E-state index contributed by atoms with van der Waals surface area (Å²) < 4.78 is 25.6. The van der Waals surface area contributed by atoms with Gasteiger partial charge in [0.05, 0.1) is 5.75 Å². The van der Waals surface area contributed by atoms with E-state index in [0.717, 1.165) is 6.08 Å². The molecule has 82 valence electrons. The third-order valence-corrected chi connectivity index (χ3v) is 2.33. The van der Waals surface area contributed by atoms with Crippen molar-refractivity contribution in [1.82, 2.24) is 0 Å². The van der Waals surface area contributed by atoms with Crippen LogP contribution >= 0.6 is 0 Å². The number of aliphatic hydroxyl groups excluding tert-OH is 1. The van der Waals surface area contributed by atoms with E-state index in [4.69, 9.17) is 5.11 Å². The van der Waals surface area contributed by atoms with Crippen molar-refractivity contribution < 1.29 is 27.5 Å². The Labute approximate surface area is 82.2 Å². The van der Waals surface area contributed by atoms with Gasteiger partial charge in [0.1, 0.15) is 0 Å². The van der Waals surface area contributed by atoms with Crippen LogP contribution in [0.1, 0.15) is 20.3 Å². The van der Waals surface area contributed by atoms with Crippen LogP contribution in [-0.4, -0.2) is 25.2 Å². The highest BCUT2D eigenvalue weighted by molar-refractivity contribution is 7.86. The topological polar surface area (TPSA) is 89.9 Å². The number of hydrogen-bond acceptors (Lipinski definition) is 6. The Morgan fingerprint density at radius 1 is 1.50 bits per heavy atom. The van der Waals surface area contributed by atoms with Crippen molar-refractivity contribution in [2.45, 2.75) is 20.3 Å². The lowest BCUT2D eigenvalue weighted by atomic mass is 10.5. The Morgan fingerprint density at radius 2 is 2.07 bits per heavy atom. The molecule has 0 aliphatic carbocycles. The van der Waals surface area contributed by atoms with Crippen LogP contribution in [0.3, 0.4) is 0 Å². The lowest BCUT2D eigenvalue weighted by molar-refractivity contribution is -0.209. The number of carbonyl (C=O) groups excluding carboxylic acids is 1. The van der Waals surface area contributed by atoms with E-state index in [0.29, 0.717) is 6.42 Å². The van der Waals surface area contributed by atoms with Crippen molar-refractivity contribution in [1.29, 1.82) is 0 Å². The number of carbonyl (C=O) groups is 1. The molecule has 0 saturated heterocycles. The Kier molecular flexibility index (Phi) is 5.18. The van der Waals surface area contributed by atoms with Gasteiger partial charge < -0.3 is 5.11 Å². The fourth-order valence-electron chi connectivity index (χ4n) is 0.527. The lowest BCUT2D eigenvalue weighted by Gasteiger charge is -2.01. The summed E-state index contributed by atoms with van der Waals surface area (Å²) in [6, 6.07) is 0. The molecule has 0 aromatic rings. The molecule has 0 radical (unpaired) electrons. The summed E-state index contributed by atoms with van der Waals surface area (Å²) in [5.74, 6) is -2.21. The van der Waals surface area contributed by atoms with Crippen molar-refractivity contribution in [2.24, 2.45) is 0 Å². The van der Waals surface area contributed by atoms with E-state index in [-0.39, 0.29) is 5.75 Å². The first-order chi connectivity index (χ1) is 6.43. The molecular weight excluding hydrogens is 212 g/mol. The number of hydrogen-bond donors (Lipinski definition) is 1. The third kappa shape index (κ3) is 4.83. The number of aliphatic hydroxyl groups is 1. The Balaban J connectivity index is 4.14. The summed E-state index contributed by atoms with van der Waals surface area (Å²) >= 11 is 0. The van der Waals surface area contributed by atoms with Gasteiger partial charge in [-0.15, -0.1) is 0 Å². The minimum Gasteiger partial charge on any atom is -0.502 e. The zero-order valence-corrected chi connectivity index (χ0v) is 8.70. The first kappa shape index (κ1) is 12.9. The molecule has 6 nitrogen and oxygen atoms in total. The maximum absolute atomic E-state index is 10.8. The van der Waals surface area contributed by atoms with E-state index in [1.54, 1.807) is 6.92 Å². The molecule has 0 heterocycles. The van der Waals surface area contributed by atoms with Gasteiger partial charge in [-0.2, -0.15) is 8.42 Å². The van der Waals surface area contributed by atoms with Gasteiger partial charge in [0.25, 0.3) is 0 Å². The van der Waals surface area contributed by atoms with E-state index >= 15 is 0 Å². The second kappa shape index (κ2) is 5.61. The molecule has 0 rings (SSSR count). The van der Waals surface area contributed by atoms with Crippen LogP contribution in [-0.2, 0) is 24.1 Å². The smallest absolute Gasteiger partial charge is 0.408 e. The van der Waals surface area contributed by atoms with Gasteiger partial charge >= 0.3 is 16.1 Å². The van der Waals surface area contributed by atoms with Gasteiger partial charge in [-0.3, -0.25) is 4.89 Å². The zero-order valence-electron chi connectivity index (χ0n) is 7.89. The highest BCUT2D eigenvalue weighted by Crippen LogP contribution is 2.00. The molecule has 0 atom stereocenters. The van der Waals surface area contributed by atoms with Crippen molar-refractivity contribution in [2.75, 3.05) is 5.75 Å². The molecule has 0 aromatic heterocycles. The molecule has 0 amide bonds. The maximum Gasteiger partial charge on any atom is 0.408 e. The van der Waals surface area contributed by atoms with E-state index in [9.17, 15) is 13.2 Å². The molecule has 0 aliphatic rings. The first-order valence-corrected chi connectivity index (χ1v) is 5.49. The van der Waals surface area contributed by atoms with Crippen LogP contribution in [0.4, 0.5) is 0 Å². The van der Waals surface area contributed by atoms with Gasteiger partial charge in [0.2, 0.25) is 5.76 Å². The largest absolute Gasteiger partial charge is 0.502 e. The minimum atomic E-state index is -3.85. The molecule has 0 aromatic carbocycles. The summed E-state index contributed by atoms with van der Waals surface area (Å²) in [6.45, 7) is 3.02. The molecule has 0 aliphatic heterocycles. The maximum atomic E-state index is 10.8. The van der Waals surface area contributed by atoms with Crippen molar-refractivity contribution in [3.63, 3.8) is 0 Å². The molecule has 0 unspecified atom stereocenters. The predicted octanol–water partition coefficient (Wildman–Crippen LogP) is 0.663. The third-order valence-electron chi connectivity index (χ3n) is 1.15. The SMILES string of the molecule is CC=C(O)C(=O)OOS(=O)(=O)CCC. The van der Waals surface area contributed by atoms with Crippen LogP contribution < -0.4 is 0 Å². The van der Waals surface area contributed by atoms with Gasteiger partial charge in [-0.1, -0.05) is 11.3 Å². The van der Waals surface area contributed by atoms with Crippen molar-refractivity contribution >= 4 is 16.1 Å². The van der Waals surface area contributed by atoms with Gasteiger partial charge in [-0.05, 0) is 19.4 Å². The molecule has 0 saturated carbocycles. The van der Waals surface area contributed by atoms with Gasteiger partial charge in [0, 0.05) is 0 Å². The summed E-state index contributed by atoms with van der Waals surface area (Å²) in [6.07, 6.45) is 1.40. The summed E-state index contributed by atoms with van der Waals surface area (Å²) in [7, 11) is -3.85. The Morgan fingerprint density at radius 3 is 2.50 bits per heavy atom. The second-order valence-electron chi connectivity index (χ2n) is 2.37. The molecule has 14 heavy (non-hydrogen) atoms. The fraction of sp³-hybridized carbons (Fsp3) is 0.571.